The van der Waals surface area contributed by atoms with Gasteiger partial charge in [-0.3, -0.25) is 4.79 Å². The highest BCUT2D eigenvalue weighted by molar-refractivity contribution is 5.66. The van der Waals surface area contributed by atoms with E-state index in [2.05, 4.69) is 6.92 Å². The van der Waals surface area contributed by atoms with Gasteiger partial charge in [0.25, 0.3) is 0 Å². The zero-order chi connectivity index (χ0) is 19.0. The Morgan fingerprint density at radius 2 is 1.77 bits per heavy atom. The molecule has 0 aliphatic carbocycles. The van der Waals surface area contributed by atoms with Crippen molar-refractivity contribution in [3.8, 4) is 0 Å². The van der Waals surface area contributed by atoms with Crippen LogP contribution in [-0.4, -0.2) is 34.5 Å². The molecule has 0 aromatic rings. The molecule has 1 aliphatic heterocycles. The summed E-state index contributed by atoms with van der Waals surface area (Å²) in [4.78, 5) is 10.4. The highest BCUT2D eigenvalue weighted by atomic mass is 16.6. The first-order chi connectivity index (χ1) is 12.6. The quantitative estimate of drug-likeness (QED) is 0.289. The van der Waals surface area contributed by atoms with Gasteiger partial charge in [0.2, 0.25) is 0 Å². The predicted molar refractivity (Wildman–Crippen MR) is 106 cm³/mol. The number of carboxylic acids is 1. The normalized spacial score (nSPS) is 22.1. The molecule has 0 amide bonds. The van der Waals surface area contributed by atoms with Crippen molar-refractivity contribution in [1.29, 1.82) is 0 Å². The Morgan fingerprint density at radius 3 is 2.50 bits per heavy atom. The van der Waals surface area contributed by atoms with Gasteiger partial charge in [0.05, 0.1) is 12.2 Å². The third-order valence-electron chi connectivity index (χ3n) is 3.65. The van der Waals surface area contributed by atoms with Crippen molar-refractivity contribution in [2.24, 2.45) is 0 Å². The Labute approximate surface area is 156 Å². The maximum absolute atomic E-state index is 10.4. The van der Waals surface area contributed by atoms with Gasteiger partial charge in [-0.2, -0.15) is 0 Å². The van der Waals surface area contributed by atoms with Crippen LogP contribution in [0.25, 0.3) is 0 Å². The van der Waals surface area contributed by atoms with E-state index in [1.807, 2.05) is 66.8 Å². The van der Waals surface area contributed by atoms with E-state index in [1.54, 1.807) is 6.08 Å². The first kappa shape index (κ1) is 21.9. The fraction of sp³-hybridized carbons (Fsp3) is 0.409. The van der Waals surface area contributed by atoms with Crippen molar-refractivity contribution in [3.63, 3.8) is 0 Å². The Kier molecular flexibility index (Phi) is 11.8. The van der Waals surface area contributed by atoms with Gasteiger partial charge in [0, 0.05) is 6.42 Å². The van der Waals surface area contributed by atoms with E-state index >= 15 is 0 Å². The minimum Gasteiger partial charge on any atom is -0.481 e. The average molecular weight is 358 g/mol. The molecule has 1 fully saturated rings. The number of carbonyl (C=O) groups is 1. The van der Waals surface area contributed by atoms with E-state index in [9.17, 15) is 9.90 Å². The molecule has 4 nitrogen and oxygen atoms in total. The van der Waals surface area contributed by atoms with Gasteiger partial charge in [-0.15, -0.1) is 0 Å². The second-order valence-electron chi connectivity index (χ2n) is 6.00. The van der Waals surface area contributed by atoms with Crippen LogP contribution in [0, 0.1) is 0 Å². The molecule has 1 heterocycles. The summed E-state index contributed by atoms with van der Waals surface area (Å²) in [7, 11) is 0. The van der Waals surface area contributed by atoms with Crippen molar-refractivity contribution >= 4 is 5.97 Å². The number of aliphatic hydroxyl groups is 1. The van der Waals surface area contributed by atoms with Crippen LogP contribution >= 0.6 is 0 Å². The standard InChI is InChI=1S/C22H30O4/c1-2-3-9-14-19(23)15-10-6-4-5-7-11-16-20-21(26-20)17-12-8-13-18-22(24)25/h3-12,15-16,19-21,23H,2,13-14,17-18H2,1H3,(H,24,25)/b6-4-,7-5-,9-3-,12-8-,15-10+,16-11+/t19-,20?,21?/m0/s1. The van der Waals surface area contributed by atoms with E-state index < -0.39 is 12.1 Å². The summed E-state index contributed by atoms with van der Waals surface area (Å²) >= 11 is 0. The molecule has 4 heteroatoms. The Hall–Kier alpha value is -2.17. The molecule has 0 radical (unpaired) electrons. The molecule has 0 spiro atoms. The molecule has 3 atom stereocenters. The van der Waals surface area contributed by atoms with Gasteiger partial charge in [0.15, 0.2) is 0 Å². The second-order valence-corrected chi connectivity index (χ2v) is 6.00. The molecule has 26 heavy (non-hydrogen) atoms. The zero-order valence-electron chi connectivity index (χ0n) is 15.4. The van der Waals surface area contributed by atoms with Crippen LogP contribution in [0.4, 0.5) is 0 Å². The molecule has 2 N–H and O–H groups in total. The number of allylic oxidation sites excluding steroid dienone is 8. The van der Waals surface area contributed by atoms with Crippen molar-refractivity contribution in [1.82, 2.24) is 0 Å². The van der Waals surface area contributed by atoms with Gasteiger partial charge < -0.3 is 14.9 Å². The third kappa shape index (κ3) is 12.2. The lowest BCUT2D eigenvalue weighted by atomic mass is 10.2. The van der Waals surface area contributed by atoms with Gasteiger partial charge in [-0.1, -0.05) is 79.8 Å². The Balaban J connectivity index is 2.11. The van der Waals surface area contributed by atoms with Crippen LogP contribution in [-0.2, 0) is 9.53 Å². The van der Waals surface area contributed by atoms with Gasteiger partial charge in [-0.25, -0.2) is 0 Å². The molecule has 2 unspecified atom stereocenters. The maximum Gasteiger partial charge on any atom is 0.303 e. The summed E-state index contributed by atoms with van der Waals surface area (Å²) in [6.07, 6.45) is 26.3. The van der Waals surface area contributed by atoms with Crippen molar-refractivity contribution in [3.05, 3.63) is 72.9 Å². The maximum atomic E-state index is 10.4. The highest BCUT2D eigenvalue weighted by Gasteiger charge is 2.34. The number of epoxide rings is 1. The predicted octanol–water partition coefficient (Wildman–Crippen LogP) is 4.51. The number of hydrogen-bond donors (Lipinski definition) is 2. The summed E-state index contributed by atoms with van der Waals surface area (Å²) in [6, 6.07) is 0. The van der Waals surface area contributed by atoms with Gasteiger partial charge >= 0.3 is 5.97 Å². The van der Waals surface area contributed by atoms with E-state index in [0.29, 0.717) is 12.8 Å². The molecule has 0 saturated carbocycles. The molecule has 0 bridgehead atoms. The third-order valence-corrected chi connectivity index (χ3v) is 3.65. The van der Waals surface area contributed by atoms with E-state index in [0.717, 1.165) is 12.8 Å². The Morgan fingerprint density at radius 1 is 1.04 bits per heavy atom. The molecular formula is C22H30O4. The monoisotopic (exact) mass is 358 g/mol. The minimum absolute atomic E-state index is 0.152. The molecule has 142 valence electrons. The topological polar surface area (TPSA) is 70.1 Å². The van der Waals surface area contributed by atoms with E-state index in [-0.39, 0.29) is 18.6 Å². The lowest BCUT2D eigenvalue weighted by Gasteiger charge is -1.98. The Bertz CT molecular complexity index is 567. The molecule has 0 aromatic carbocycles. The molecular weight excluding hydrogens is 328 g/mol. The molecule has 0 aromatic heterocycles. The largest absolute Gasteiger partial charge is 0.481 e. The van der Waals surface area contributed by atoms with Gasteiger partial charge in [0.1, 0.15) is 6.10 Å². The number of rotatable bonds is 13. The summed E-state index contributed by atoms with van der Waals surface area (Å²) in [5, 5.41) is 18.2. The summed E-state index contributed by atoms with van der Waals surface area (Å²) < 4.78 is 5.51. The lowest BCUT2D eigenvalue weighted by molar-refractivity contribution is -0.136. The molecule has 1 aliphatic rings. The number of ether oxygens (including phenoxy) is 1. The fourth-order valence-corrected chi connectivity index (χ4v) is 2.17. The summed E-state index contributed by atoms with van der Waals surface area (Å²) in [5.41, 5.74) is 0. The van der Waals surface area contributed by atoms with E-state index in [1.165, 1.54) is 0 Å². The zero-order valence-corrected chi connectivity index (χ0v) is 15.4. The SMILES string of the molecule is CC/C=C\C[C@H](O)/C=C/C=C\C=C/C=C/C1OC1C/C=C\CCC(=O)O. The van der Waals surface area contributed by atoms with Crippen molar-refractivity contribution < 1.29 is 19.7 Å². The number of hydrogen-bond acceptors (Lipinski definition) is 3. The number of aliphatic carboxylic acids is 1. The van der Waals surface area contributed by atoms with Crippen LogP contribution in [0.3, 0.4) is 0 Å². The smallest absolute Gasteiger partial charge is 0.303 e. The van der Waals surface area contributed by atoms with Gasteiger partial charge in [-0.05, 0) is 25.7 Å². The first-order valence-corrected chi connectivity index (χ1v) is 9.17. The van der Waals surface area contributed by atoms with Crippen molar-refractivity contribution in [2.45, 2.75) is 57.3 Å². The van der Waals surface area contributed by atoms with Crippen LogP contribution < -0.4 is 0 Å². The average Bonchev–Trinajstić information content (AvgIpc) is 3.35. The van der Waals surface area contributed by atoms with Crippen LogP contribution in [0.2, 0.25) is 0 Å². The van der Waals surface area contributed by atoms with Crippen LogP contribution in [0.5, 0.6) is 0 Å². The summed E-state index contributed by atoms with van der Waals surface area (Å²) in [6.45, 7) is 2.07. The minimum atomic E-state index is -0.769. The van der Waals surface area contributed by atoms with Crippen LogP contribution in [0.1, 0.15) is 39.0 Å². The molecule has 1 saturated heterocycles. The highest BCUT2D eigenvalue weighted by Crippen LogP contribution is 2.26. The first-order valence-electron chi connectivity index (χ1n) is 9.17. The fourth-order valence-electron chi connectivity index (χ4n) is 2.17. The van der Waals surface area contributed by atoms with Crippen molar-refractivity contribution in [2.75, 3.05) is 0 Å². The van der Waals surface area contributed by atoms with E-state index in [4.69, 9.17) is 9.84 Å². The number of aliphatic hydroxyl groups excluding tert-OH is 1. The molecule has 1 rings (SSSR count). The number of carboxylic acid groups (broad SMARTS) is 1. The van der Waals surface area contributed by atoms with Crippen LogP contribution in [0.15, 0.2) is 72.9 Å². The summed E-state index contributed by atoms with van der Waals surface area (Å²) in [5.74, 6) is -0.769. The second kappa shape index (κ2) is 14.0. The lowest BCUT2D eigenvalue weighted by Crippen LogP contribution is -1.98.